The van der Waals surface area contributed by atoms with Crippen LogP contribution in [-0.4, -0.2) is 75.3 Å². The van der Waals surface area contributed by atoms with Gasteiger partial charge in [-0.2, -0.15) is 0 Å². The maximum Gasteiger partial charge on any atom is 0.222 e. The van der Waals surface area contributed by atoms with Crippen molar-refractivity contribution in [2.45, 2.75) is 77.5 Å². The van der Waals surface area contributed by atoms with Crippen molar-refractivity contribution in [1.29, 1.82) is 0 Å². The van der Waals surface area contributed by atoms with Gasteiger partial charge in [0.15, 0.2) is 5.82 Å². The number of aryl methyl sites for hydroxylation is 1. The molecule has 2 fully saturated rings. The minimum absolute atomic E-state index is 0.190. The molecule has 1 aromatic rings. The van der Waals surface area contributed by atoms with E-state index in [0.29, 0.717) is 19.1 Å². The monoisotopic (exact) mass is 392 g/mol. The predicted octanol–water partition coefficient (Wildman–Crippen LogP) is 2.10. The van der Waals surface area contributed by atoms with Crippen LogP contribution < -0.4 is 0 Å². The molecule has 8 nitrogen and oxygen atoms in total. The summed E-state index contributed by atoms with van der Waals surface area (Å²) in [6.07, 6.45) is 8.58. The zero-order valence-corrected chi connectivity index (χ0v) is 17.6. The third kappa shape index (κ3) is 6.51. The SMILES string of the molecule is CC1CCN(Cc2nnnn2CCCC(=O)N(C)CCC2CCCCO2)CC1. The molecule has 2 saturated heterocycles. The number of hydrogen-bond acceptors (Lipinski definition) is 6. The van der Waals surface area contributed by atoms with Gasteiger partial charge in [0.1, 0.15) is 0 Å². The van der Waals surface area contributed by atoms with Gasteiger partial charge in [0.2, 0.25) is 5.91 Å². The molecule has 1 amide bonds. The highest BCUT2D eigenvalue weighted by atomic mass is 16.5. The van der Waals surface area contributed by atoms with E-state index in [2.05, 4.69) is 27.3 Å². The first-order valence-corrected chi connectivity index (χ1v) is 10.9. The van der Waals surface area contributed by atoms with E-state index in [9.17, 15) is 4.79 Å². The summed E-state index contributed by atoms with van der Waals surface area (Å²) >= 11 is 0. The van der Waals surface area contributed by atoms with E-state index in [1.807, 2.05) is 16.6 Å². The van der Waals surface area contributed by atoms with Crippen LogP contribution in [0.2, 0.25) is 0 Å². The van der Waals surface area contributed by atoms with Crippen LogP contribution in [0.1, 0.15) is 64.1 Å². The summed E-state index contributed by atoms with van der Waals surface area (Å²) in [5, 5.41) is 12.2. The Balaban J connectivity index is 1.35. The summed E-state index contributed by atoms with van der Waals surface area (Å²) in [4.78, 5) is 16.7. The standard InChI is InChI=1S/C20H36N6O2/c1-17-8-13-25(14-9-17)16-19-21-22-23-26(19)11-5-7-20(27)24(2)12-10-18-6-3-4-15-28-18/h17-18H,3-16H2,1-2H3. The van der Waals surface area contributed by atoms with Gasteiger partial charge in [-0.25, -0.2) is 4.68 Å². The summed E-state index contributed by atoms with van der Waals surface area (Å²) < 4.78 is 7.61. The molecule has 3 rings (SSSR count). The lowest BCUT2D eigenvalue weighted by molar-refractivity contribution is -0.130. The normalized spacial score (nSPS) is 21.7. The number of amides is 1. The Kier molecular flexibility index (Phi) is 8.21. The van der Waals surface area contributed by atoms with E-state index in [-0.39, 0.29) is 5.91 Å². The lowest BCUT2D eigenvalue weighted by Crippen LogP contribution is -2.33. The molecule has 0 aliphatic carbocycles. The molecule has 0 aromatic carbocycles. The maximum absolute atomic E-state index is 12.4. The van der Waals surface area contributed by atoms with Crippen molar-refractivity contribution < 1.29 is 9.53 Å². The molecule has 8 heteroatoms. The summed E-state index contributed by atoms with van der Waals surface area (Å²) in [6.45, 7) is 7.68. The van der Waals surface area contributed by atoms with Gasteiger partial charge in [-0.1, -0.05) is 6.92 Å². The van der Waals surface area contributed by atoms with Gasteiger partial charge >= 0.3 is 0 Å². The van der Waals surface area contributed by atoms with Crippen molar-refractivity contribution in [2.24, 2.45) is 5.92 Å². The average Bonchev–Trinajstić information content (AvgIpc) is 3.15. The molecule has 0 N–H and O–H groups in total. The van der Waals surface area contributed by atoms with E-state index in [4.69, 9.17) is 4.74 Å². The molecule has 0 radical (unpaired) electrons. The molecule has 0 bridgehead atoms. The first-order valence-electron chi connectivity index (χ1n) is 10.9. The highest BCUT2D eigenvalue weighted by Crippen LogP contribution is 2.18. The molecule has 3 heterocycles. The van der Waals surface area contributed by atoms with Crippen molar-refractivity contribution in [3.05, 3.63) is 5.82 Å². The number of hydrogen-bond donors (Lipinski definition) is 0. The summed E-state index contributed by atoms with van der Waals surface area (Å²) in [5.74, 6) is 1.92. The fraction of sp³-hybridized carbons (Fsp3) is 0.900. The smallest absolute Gasteiger partial charge is 0.222 e. The number of tetrazole rings is 1. The van der Waals surface area contributed by atoms with Crippen molar-refractivity contribution >= 4 is 5.91 Å². The molecular weight excluding hydrogens is 356 g/mol. The van der Waals surface area contributed by atoms with Gasteiger partial charge in [-0.3, -0.25) is 9.69 Å². The van der Waals surface area contributed by atoms with Gasteiger partial charge in [-0.15, -0.1) is 5.10 Å². The van der Waals surface area contributed by atoms with Crippen LogP contribution in [-0.2, 0) is 22.6 Å². The minimum Gasteiger partial charge on any atom is -0.378 e. The number of rotatable bonds is 9. The zero-order valence-electron chi connectivity index (χ0n) is 17.6. The highest BCUT2D eigenvalue weighted by molar-refractivity contribution is 5.75. The number of ether oxygens (including phenoxy) is 1. The van der Waals surface area contributed by atoms with E-state index < -0.39 is 0 Å². The second-order valence-corrected chi connectivity index (χ2v) is 8.47. The lowest BCUT2D eigenvalue weighted by Gasteiger charge is -2.29. The number of piperidine rings is 1. The third-order valence-electron chi connectivity index (χ3n) is 6.09. The first kappa shape index (κ1) is 21.2. The van der Waals surface area contributed by atoms with Crippen LogP contribution >= 0.6 is 0 Å². The molecule has 2 aliphatic heterocycles. The van der Waals surface area contributed by atoms with Crippen molar-refractivity contribution in [2.75, 3.05) is 33.3 Å². The van der Waals surface area contributed by atoms with Gasteiger partial charge in [0.25, 0.3) is 0 Å². The minimum atomic E-state index is 0.190. The van der Waals surface area contributed by atoms with Crippen LogP contribution in [0.15, 0.2) is 0 Å². The highest BCUT2D eigenvalue weighted by Gasteiger charge is 2.19. The first-order chi connectivity index (χ1) is 13.6. The van der Waals surface area contributed by atoms with Gasteiger partial charge in [0.05, 0.1) is 12.6 Å². The number of likely N-dealkylation sites (tertiary alicyclic amines) is 1. The fourth-order valence-electron chi connectivity index (χ4n) is 4.00. The summed E-state index contributed by atoms with van der Waals surface area (Å²) in [5.41, 5.74) is 0. The van der Waals surface area contributed by atoms with Crippen molar-refractivity contribution in [3.8, 4) is 0 Å². The zero-order chi connectivity index (χ0) is 19.8. The Morgan fingerprint density at radius 3 is 2.82 bits per heavy atom. The molecule has 2 aliphatic rings. The molecule has 1 atom stereocenters. The summed E-state index contributed by atoms with van der Waals surface area (Å²) in [7, 11) is 1.89. The van der Waals surface area contributed by atoms with Crippen LogP contribution in [0.4, 0.5) is 0 Å². The molecule has 0 spiro atoms. The van der Waals surface area contributed by atoms with Gasteiger partial charge in [0, 0.05) is 33.2 Å². The number of nitrogens with zero attached hydrogens (tertiary/aromatic N) is 6. The lowest BCUT2D eigenvalue weighted by atomic mass is 9.99. The Morgan fingerprint density at radius 1 is 1.25 bits per heavy atom. The van der Waals surface area contributed by atoms with Crippen LogP contribution in [0.25, 0.3) is 0 Å². The topological polar surface area (TPSA) is 76.4 Å². The fourth-order valence-corrected chi connectivity index (χ4v) is 4.00. The Hall–Kier alpha value is -1.54. The third-order valence-corrected chi connectivity index (χ3v) is 6.09. The number of carbonyl (C=O) groups is 1. The molecule has 1 aromatic heterocycles. The Bertz CT molecular complexity index is 593. The number of aromatic nitrogens is 4. The van der Waals surface area contributed by atoms with Crippen molar-refractivity contribution in [3.63, 3.8) is 0 Å². The van der Waals surface area contributed by atoms with E-state index in [1.165, 1.54) is 25.7 Å². The second-order valence-electron chi connectivity index (χ2n) is 8.47. The Labute approximate surface area is 168 Å². The Morgan fingerprint density at radius 2 is 2.07 bits per heavy atom. The molecule has 0 saturated carbocycles. The predicted molar refractivity (Wildman–Crippen MR) is 107 cm³/mol. The quantitative estimate of drug-likeness (QED) is 0.641. The summed E-state index contributed by atoms with van der Waals surface area (Å²) in [6, 6.07) is 0. The average molecular weight is 393 g/mol. The largest absolute Gasteiger partial charge is 0.378 e. The van der Waals surface area contributed by atoms with E-state index in [1.54, 1.807) is 0 Å². The molecule has 158 valence electrons. The van der Waals surface area contributed by atoms with E-state index >= 15 is 0 Å². The van der Waals surface area contributed by atoms with Crippen LogP contribution in [0.3, 0.4) is 0 Å². The van der Waals surface area contributed by atoms with Gasteiger partial charge < -0.3 is 9.64 Å². The molecule has 1 unspecified atom stereocenters. The van der Waals surface area contributed by atoms with E-state index in [0.717, 1.165) is 63.8 Å². The number of carbonyl (C=O) groups excluding carboxylic acids is 1. The molecule has 28 heavy (non-hydrogen) atoms. The second kappa shape index (κ2) is 10.9. The molecular formula is C20H36N6O2. The van der Waals surface area contributed by atoms with Crippen LogP contribution in [0.5, 0.6) is 0 Å². The van der Waals surface area contributed by atoms with Crippen LogP contribution in [0, 0.1) is 5.92 Å². The maximum atomic E-state index is 12.4. The van der Waals surface area contributed by atoms with Gasteiger partial charge in [-0.05, 0) is 74.4 Å². The van der Waals surface area contributed by atoms with Crippen molar-refractivity contribution in [1.82, 2.24) is 30.0 Å².